The first-order valence-electron chi connectivity index (χ1n) is 8.91. The molecule has 0 radical (unpaired) electrons. The van der Waals surface area contributed by atoms with Crippen LogP contribution < -0.4 is 4.90 Å². The Morgan fingerprint density at radius 1 is 1.12 bits per heavy atom. The van der Waals surface area contributed by atoms with Gasteiger partial charge < -0.3 is 9.42 Å². The van der Waals surface area contributed by atoms with E-state index in [1.165, 1.54) is 0 Å². The van der Waals surface area contributed by atoms with Crippen molar-refractivity contribution in [2.75, 3.05) is 31.1 Å². The summed E-state index contributed by atoms with van der Waals surface area (Å²) in [4.78, 5) is 9.23. The molecular weight excluding hydrogens is 314 g/mol. The van der Waals surface area contributed by atoms with E-state index in [-0.39, 0.29) is 12.0 Å². The van der Waals surface area contributed by atoms with E-state index in [9.17, 15) is 5.26 Å². The second-order valence-electron chi connectivity index (χ2n) is 6.83. The zero-order valence-corrected chi connectivity index (χ0v) is 15.1. The molecule has 2 aromatic rings. The van der Waals surface area contributed by atoms with Crippen molar-refractivity contribution in [2.24, 2.45) is 0 Å². The summed E-state index contributed by atoms with van der Waals surface area (Å²) in [6.07, 6.45) is 1.04. The number of benzene rings is 1. The van der Waals surface area contributed by atoms with Gasteiger partial charge in [-0.1, -0.05) is 31.1 Å². The lowest BCUT2D eigenvalue weighted by Gasteiger charge is -2.26. The molecule has 3 rings (SSSR count). The number of rotatable bonds is 4. The highest BCUT2D eigenvalue weighted by molar-refractivity contribution is 5.59. The lowest BCUT2D eigenvalue weighted by atomic mass is 10.1. The van der Waals surface area contributed by atoms with Crippen LogP contribution in [0.1, 0.15) is 56.4 Å². The Hall–Kier alpha value is -2.39. The highest BCUT2D eigenvalue weighted by Crippen LogP contribution is 2.25. The van der Waals surface area contributed by atoms with E-state index >= 15 is 0 Å². The Morgan fingerprint density at radius 2 is 1.92 bits per heavy atom. The fourth-order valence-electron chi connectivity index (χ4n) is 3.22. The lowest BCUT2D eigenvalue weighted by Crippen LogP contribution is -2.33. The molecule has 0 amide bonds. The summed E-state index contributed by atoms with van der Waals surface area (Å²) in [5, 5.41) is 13.4. The van der Waals surface area contributed by atoms with Crippen LogP contribution in [-0.2, 0) is 0 Å². The number of anilines is 1. The second kappa shape index (κ2) is 7.66. The van der Waals surface area contributed by atoms with Crippen LogP contribution in [0.2, 0.25) is 0 Å². The monoisotopic (exact) mass is 339 g/mol. The molecular formula is C19H25N5O. The van der Waals surface area contributed by atoms with E-state index in [0.29, 0.717) is 5.89 Å². The van der Waals surface area contributed by atoms with Crippen molar-refractivity contribution in [1.82, 2.24) is 15.0 Å². The molecule has 1 aliphatic heterocycles. The Morgan fingerprint density at radius 3 is 2.64 bits per heavy atom. The first-order chi connectivity index (χ1) is 12.1. The van der Waals surface area contributed by atoms with Crippen LogP contribution in [0, 0.1) is 11.3 Å². The van der Waals surface area contributed by atoms with Gasteiger partial charge in [-0.2, -0.15) is 10.2 Å². The Bertz CT molecular complexity index is 748. The fourth-order valence-corrected chi connectivity index (χ4v) is 3.22. The minimum Gasteiger partial charge on any atom is -0.369 e. The Labute approximate surface area is 149 Å². The third-order valence-electron chi connectivity index (χ3n) is 4.77. The summed E-state index contributed by atoms with van der Waals surface area (Å²) in [5.74, 6) is 1.72. The average molecular weight is 339 g/mol. The molecule has 1 aromatic carbocycles. The number of hydrogen-bond donors (Lipinski definition) is 0. The van der Waals surface area contributed by atoms with Crippen molar-refractivity contribution in [1.29, 1.82) is 5.26 Å². The molecule has 1 aliphatic rings. The van der Waals surface area contributed by atoms with Gasteiger partial charge in [0.15, 0.2) is 5.82 Å². The van der Waals surface area contributed by atoms with E-state index in [0.717, 1.165) is 49.7 Å². The third kappa shape index (κ3) is 3.83. The standard InChI is InChI=1S/C19H25N5O/c1-14(2)18-21-19(25-22-18)15(3)23-9-6-10-24(12-11-23)17-8-5-4-7-16(17)13-20/h4-5,7-8,14-15H,6,9-12H2,1-3H3/t15-/m0/s1. The Balaban J connectivity index is 1.69. The average Bonchev–Trinajstić information content (AvgIpc) is 3.00. The van der Waals surface area contributed by atoms with Crippen LogP contribution in [0.15, 0.2) is 28.8 Å². The molecule has 0 bridgehead atoms. The summed E-state index contributed by atoms with van der Waals surface area (Å²) >= 11 is 0. The van der Waals surface area contributed by atoms with Gasteiger partial charge in [-0.15, -0.1) is 0 Å². The first kappa shape index (κ1) is 17.4. The molecule has 6 nitrogen and oxygen atoms in total. The van der Waals surface area contributed by atoms with Gasteiger partial charge in [-0.05, 0) is 25.5 Å². The van der Waals surface area contributed by atoms with Crippen molar-refractivity contribution < 1.29 is 4.52 Å². The van der Waals surface area contributed by atoms with Gasteiger partial charge in [0.25, 0.3) is 0 Å². The molecule has 1 fully saturated rings. The minimum absolute atomic E-state index is 0.103. The van der Waals surface area contributed by atoms with Crippen LogP contribution in [-0.4, -0.2) is 41.2 Å². The van der Waals surface area contributed by atoms with E-state index < -0.39 is 0 Å². The van der Waals surface area contributed by atoms with Gasteiger partial charge in [0, 0.05) is 32.1 Å². The maximum Gasteiger partial charge on any atom is 0.243 e. The molecule has 1 saturated heterocycles. The molecule has 0 unspecified atom stereocenters. The molecule has 1 atom stereocenters. The number of para-hydroxylation sites is 1. The second-order valence-corrected chi connectivity index (χ2v) is 6.83. The molecule has 0 aliphatic carbocycles. The van der Waals surface area contributed by atoms with Crippen LogP contribution in [0.4, 0.5) is 5.69 Å². The highest BCUT2D eigenvalue weighted by Gasteiger charge is 2.25. The molecule has 132 valence electrons. The number of aromatic nitrogens is 2. The van der Waals surface area contributed by atoms with Crippen molar-refractivity contribution in [3.8, 4) is 6.07 Å². The van der Waals surface area contributed by atoms with Gasteiger partial charge in [-0.25, -0.2) is 0 Å². The van der Waals surface area contributed by atoms with E-state index in [1.54, 1.807) is 0 Å². The van der Waals surface area contributed by atoms with E-state index in [2.05, 4.69) is 46.8 Å². The molecule has 2 heterocycles. The largest absolute Gasteiger partial charge is 0.369 e. The molecule has 0 saturated carbocycles. The van der Waals surface area contributed by atoms with Crippen molar-refractivity contribution in [2.45, 2.75) is 39.2 Å². The number of nitrogens with zero attached hydrogens (tertiary/aromatic N) is 5. The molecule has 6 heteroatoms. The summed E-state index contributed by atoms with van der Waals surface area (Å²) in [6.45, 7) is 9.96. The smallest absolute Gasteiger partial charge is 0.243 e. The molecule has 1 aromatic heterocycles. The van der Waals surface area contributed by atoms with E-state index in [1.807, 2.05) is 24.3 Å². The van der Waals surface area contributed by atoms with Gasteiger partial charge in [0.1, 0.15) is 6.07 Å². The normalized spacial score (nSPS) is 17.3. The van der Waals surface area contributed by atoms with E-state index in [4.69, 9.17) is 4.52 Å². The maximum atomic E-state index is 9.34. The summed E-state index contributed by atoms with van der Waals surface area (Å²) in [5.41, 5.74) is 1.77. The van der Waals surface area contributed by atoms with Crippen molar-refractivity contribution >= 4 is 5.69 Å². The highest BCUT2D eigenvalue weighted by atomic mass is 16.5. The minimum atomic E-state index is 0.103. The molecule has 0 N–H and O–H groups in total. The van der Waals surface area contributed by atoms with Crippen LogP contribution in [0.3, 0.4) is 0 Å². The van der Waals surface area contributed by atoms with Gasteiger partial charge in [-0.3, -0.25) is 4.90 Å². The summed E-state index contributed by atoms with van der Waals surface area (Å²) < 4.78 is 5.47. The predicted octanol–water partition coefficient (Wildman–Crippen LogP) is 3.34. The van der Waals surface area contributed by atoms with Crippen molar-refractivity contribution in [3.05, 3.63) is 41.5 Å². The van der Waals surface area contributed by atoms with Crippen molar-refractivity contribution in [3.63, 3.8) is 0 Å². The summed E-state index contributed by atoms with van der Waals surface area (Å²) in [6, 6.07) is 10.2. The van der Waals surface area contributed by atoms with Gasteiger partial charge in [0.2, 0.25) is 5.89 Å². The molecule has 25 heavy (non-hydrogen) atoms. The predicted molar refractivity (Wildman–Crippen MR) is 96.4 cm³/mol. The van der Waals surface area contributed by atoms with Crippen LogP contribution in [0.25, 0.3) is 0 Å². The summed E-state index contributed by atoms with van der Waals surface area (Å²) in [7, 11) is 0. The zero-order chi connectivity index (χ0) is 17.8. The quantitative estimate of drug-likeness (QED) is 0.851. The fraction of sp³-hybridized carbons (Fsp3) is 0.526. The number of nitriles is 1. The number of hydrogen-bond acceptors (Lipinski definition) is 6. The topological polar surface area (TPSA) is 69.2 Å². The van der Waals surface area contributed by atoms with Crippen LogP contribution in [0.5, 0.6) is 0 Å². The lowest BCUT2D eigenvalue weighted by molar-refractivity contribution is 0.184. The van der Waals surface area contributed by atoms with Gasteiger partial charge >= 0.3 is 0 Å². The zero-order valence-electron chi connectivity index (χ0n) is 15.1. The SMILES string of the molecule is CC(C)c1noc([C@H](C)N2CCCN(c3ccccc3C#N)CC2)n1. The van der Waals surface area contributed by atoms with Gasteiger partial charge in [0.05, 0.1) is 17.3 Å². The maximum absolute atomic E-state index is 9.34. The third-order valence-corrected chi connectivity index (χ3v) is 4.77. The van der Waals surface area contributed by atoms with Crippen LogP contribution >= 0.6 is 0 Å². The Kier molecular flexibility index (Phi) is 5.34. The first-order valence-corrected chi connectivity index (χ1v) is 8.91. The molecule has 0 spiro atoms.